The first-order valence-corrected chi connectivity index (χ1v) is 9.55. The summed E-state index contributed by atoms with van der Waals surface area (Å²) < 4.78 is 34.0. The summed E-state index contributed by atoms with van der Waals surface area (Å²) in [6.07, 6.45) is 3.47. The highest BCUT2D eigenvalue weighted by atomic mass is 32.2. The van der Waals surface area contributed by atoms with Gasteiger partial charge in [-0.15, -0.1) is 0 Å². The van der Waals surface area contributed by atoms with Gasteiger partial charge in [-0.1, -0.05) is 0 Å². The van der Waals surface area contributed by atoms with Crippen LogP contribution in [0.5, 0.6) is 0 Å². The van der Waals surface area contributed by atoms with Gasteiger partial charge in [0.25, 0.3) is 0 Å². The van der Waals surface area contributed by atoms with Crippen molar-refractivity contribution in [3.8, 4) is 11.5 Å². The number of sulfonamides is 1. The lowest BCUT2D eigenvalue weighted by Crippen LogP contribution is -2.32. The third-order valence-corrected chi connectivity index (χ3v) is 6.33. The van der Waals surface area contributed by atoms with Crippen LogP contribution in [0.3, 0.4) is 0 Å². The van der Waals surface area contributed by atoms with E-state index in [0.29, 0.717) is 36.4 Å². The lowest BCUT2D eigenvalue weighted by Gasteiger charge is -2.17. The summed E-state index contributed by atoms with van der Waals surface area (Å²) >= 11 is 0. The maximum Gasteiger partial charge on any atom is 0.246 e. The Labute approximate surface area is 149 Å². The van der Waals surface area contributed by atoms with Crippen LogP contribution >= 0.6 is 0 Å². The number of nitrogens with zero attached hydrogens (tertiary/aromatic N) is 6. The van der Waals surface area contributed by atoms with Crippen LogP contribution in [0, 0.1) is 0 Å². The maximum atomic E-state index is 13.1. The Bertz CT molecular complexity index is 1070. The highest BCUT2D eigenvalue weighted by Gasteiger charge is 2.34. The second kappa shape index (κ2) is 6.00. The lowest BCUT2D eigenvalue weighted by molar-refractivity contribution is 0.310. The number of nitrogens with two attached hydrogens (primary N) is 2. The van der Waals surface area contributed by atoms with Gasteiger partial charge in [0.1, 0.15) is 10.4 Å². The van der Waals surface area contributed by atoms with Crippen LogP contribution in [0.15, 0.2) is 21.9 Å². The average molecular weight is 378 g/mol. The molecule has 1 saturated heterocycles. The van der Waals surface area contributed by atoms with Crippen LogP contribution in [0.2, 0.25) is 0 Å². The number of aryl methyl sites for hydroxylation is 1. The van der Waals surface area contributed by atoms with Gasteiger partial charge in [-0.05, 0) is 23.7 Å². The number of nitrogen functional groups attached to an aromatic ring is 1. The molecule has 3 aromatic rings. The molecule has 12 heteroatoms. The Morgan fingerprint density at radius 3 is 2.77 bits per heavy atom. The van der Waals surface area contributed by atoms with Crippen molar-refractivity contribution >= 4 is 26.9 Å². The Hall–Kier alpha value is -2.57. The van der Waals surface area contributed by atoms with Crippen LogP contribution in [0.4, 0.5) is 5.82 Å². The molecule has 0 saturated carbocycles. The van der Waals surface area contributed by atoms with Gasteiger partial charge in [-0.2, -0.15) is 4.31 Å². The number of aromatic nitrogens is 5. The second-order valence-electron chi connectivity index (χ2n) is 6.09. The zero-order valence-electron chi connectivity index (χ0n) is 14.0. The van der Waals surface area contributed by atoms with Crippen molar-refractivity contribution in [3.05, 3.63) is 12.4 Å². The Kier molecular flexibility index (Phi) is 3.89. The van der Waals surface area contributed by atoms with Gasteiger partial charge in [0, 0.05) is 31.9 Å². The number of hydrogen-bond acceptors (Lipinski definition) is 9. The number of anilines is 1. The molecule has 0 bridgehead atoms. The highest BCUT2D eigenvalue weighted by Crippen LogP contribution is 2.31. The van der Waals surface area contributed by atoms with Crippen molar-refractivity contribution in [2.24, 2.45) is 5.73 Å². The minimum absolute atomic E-state index is 0.0814. The van der Waals surface area contributed by atoms with E-state index < -0.39 is 10.0 Å². The molecule has 138 valence electrons. The van der Waals surface area contributed by atoms with E-state index in [2.05, 4.69) is 24.9 Å². The molecule has 0 aromatic carbocycles. The minimum Gasteiger partial charge on any atom is -0.379 e. The fourth-order valence-electron chi connectivity index (χ4n) is 3.20. The topological polar surface area (TPSA) is 159 Å². The smallest absolute Gasteiger partial charge is 0.246 e. The summed E-state index contributed by atoms with van der Waals surface area (Å²) in [6.45, 7) is 2.99. The molecule has 0 radical (unpaired) electrons. The van der Waals surface area contributed by atoms with Crippen molar-refractivity contribution in [2.45, 2.75) is 30.8 Å². The van der Waals surface area contributed by atoms with E-state index in [9.17, 15) is 8.42 Å². The van der Waals surface area contributed by atoms with E-state index in [-0.39, 0.29) is 29.0 Å². The van der Waals surface area contributed by atoms with Gasteiger partial charge in [0.05, 0.1) is 11.7 Å². The molecule has 4 heterocycles. The maximum absolute atomic E-state index is 13.1. The largest absolute Gasteiger partial charge is 0.379 e. The molecule has 26 heavy (non-hydrogen) atoms. The number of pyridine rings is 1. The molecule has 1 aliphatic rings. The van der Waals surface area contributed by atoms with Gasteiger partial charge >= 0.3 is 0 Å². The lowest BCUT2D eigenvalue weighted by atomic mass is 10.3. The zero-order chi connectivity index (χ0) is 18.5. The molecular formula is C14H18N8O3S. The molecule has 3 aromatic heterocycles. The predicted molar refractivity (Wildman–Crippen MR) is 92.3 cm³/mol. The molecule has 0 amide bonds. The van der Waals surface area contributed by atoms with Crippen LogP contribution in [-0.4, -0.2) is 56.7 Å². The van der Waals surface area contributed by atoms with Gasteiger partial charge in [0.2, 0.25) is 10.0 Å². The molecule has 0 unspecified atom stereocenters. The first kappa shape index (κ1) is 16.9. The standard InChI is InChI=1S/C14H18N8O3S/c1-2-22-12-9(18-14(22)11-13(16)20-25-19-11)5-17-6-10(12)26(23,24)21-4-3-8(15)7-21/h5-6,8H,2-4,7,15H2,1H3,(H2,16,20)/t8-/m0/s1. The Morgan fingerprint density at radius 1 is 1.35 bits per heavy atom. The summed E-state index contributed by atoms with van der Waals surface area (Å²) in [7, 11) is -3.76. The van der Waals surface area contributed by atoms with Gasteiger partial charge < -0.3 is 16.0 Å². The summed E-state index contributed by atoms with van der Waals surface area (Å²) in [5, 5.41) is 7.34. The minimum atomic E-state index is -3.76. The van der Waals surface area contributed by atoms with E-state index >= 15 is 0 Å². The van der Waals surface area contributed by atoms with E-state index in [1.54, 1.807) is 4.57 Å². The first-order chi connectivity index (χ1) is 12.4. The molecule has 1 atom stereocenters. The quantitative estimate of drug-likeness (QED) is 0.627. The highest BCUT2D eigenvalue weighted by molar-refractivity contribution is 7.89. The zero-order valence-corrected chi connectivity index (χ0v) is 14.8. The molecule has 1 aliphatic heterocycles. The molecular weight excluding hydrogens is 360 g/mol. The molecule has 1 fully saturated rings. The first-order valence-electron chi connectivity index (χ1n) is 8.11. The third kappa shape index (κ3) is 2.45. The molecule has 0 spiro atoms. The van der Waals surface area contributed by atoms with Gasteiger partial charge in [-0.3, -0.25) is 4.98 Å². The van der Waals surface area contributed by atoms with E-state index in [0.717, 1.165) is 0 Å². The van der Waals surface area contributed by atoms with Crippen LogP contribution in [-0.2, 0) is 16.6 Å². The van der Waals surface area contributed by atoms with Crippen molar-refractivity contribution < 1.29 is 13.0 Å². The van der Waals surface area contributed by atoms with Crippen LogP contribution in [0.1, 0.15) is 13.3 Å². The van der Waals surface area contributed by atoms with Crippen molar-refractivity contribution in [1.29, 1.82) is 0 Å². The van der Waals surface area contributed by atoms with Crippen molar-refractivity contribution in [1.82, 2.24) is 29.2 Å². The van der Waals surface area contributed by atoms with Gasteiger partial charge in [-0.25, -0.2) is 18.0 Å². The van der Waals surface area contributed by atoms with E-state index in [1.165, 1.54) is 16.7 Å². The van der Waals surface area contributed by atoms with E-state index in [4.69, 9.17) is 11.5 Å². The molecule has 11 nitrogen and oxygen atoms in total. The average Bonchev–Trinajstić information content (AvgIpc) is 3.31. The monoisotopic (exact) mass is 378 g/mol. The molecule has 4 N–H and O–H groups in total. The SMILES string of the molecule is CCn1c(-c2nonc2N)nc2cncc(S(=O)(=O)N3CC[C@H](N)C3)c21. The normalized spacial score (nSPS) is 18.8. The van der Waals surface area contributed by atoms with Crippen molar-refractivity contribution in [3.63, 3.8) is 0 Å². The molecule has 0 aliphatic carbocycles. The fourth-order valence-corrected chi connectivity index (χ4v) is 4.86. The summed E-state index contributed by atoms with van der Waals surface area (Å²) in [4.78, 5) is 8.59. The van der Waals surface area contributed by atoms with Gasteiger partial charge in [0.15, 0.2) is 17.3 Å². The number of fused-ring (bicyclic) bond motifs is 1. The van der Waals surface area contributed by atoms with Crippen LogP contribution in [0.25, 0.3) is 22.6 Å². The third-order valence-electron chi connectivity index (χ3n) is 4.46. The van der Waals surface area contributed by atoms with Crippen LogP contribution < -0.4 is 11.5 Å². The summed E-state index contributed by atoms with van der Waals surface area (Å²) in [5.41, 5.74) is 12.8. The van der Waals surface area contributed by atoms with E-state index in [1.807, 2.05) is 6.92 Å². The Morgan fingerprint density at radius 2 is 2.15 bits per heavy atom. The predicted octanol–water partition coefficient (Wildman–Crippen LogP) is -0.195. The summed E-state index contributed by atoms with van der Waals surface area (Å²) in [6, 6.07) is -0.162. The number of rotatable bonds is 4. The van der Waals surface area contributed by atoms with Crippen molar-refractivity contribution in [2.75, 3.05) is 18.8 Å². The molecule has 4 rings (SSSR count). The number of imidazole rings is 1. The fraction of sp³-hybridized carbons (Fsp3) is 0.429. The Balaban J connectivity index is 1.95. The number of hydrogen-bond donors (Lipinski definition) is 2. The summed E-state index contributed by atoms with van der Waals surface area (Å²) in [5.74, 6) is 0.460. The second-order valence-corrected chi connectivity index (χ2v) is 8.00.